The number of nitrogens with one attached hydrogen (secondary N) is 1. The number of halogens is 2. The van der Waals surface area contributed by atoms with Gasteiger partial charge in [0.2, 0.25) is 9.84 Å². The Morgan fingerprint density at radius 2 is 1.78 bits per heavy atom. The van der Waals surface area contributed by atoms with Crippen molar-refractivity contribution in [3.63, 3.8) is 0 Å². The van der Waals surface area contributed by atoms with Crippen LogP contribution < -0.4 is 11.2 Å². The number of aromatic amines is 1. The summed E-state index contributed by atoms with van der Waals surface area (Å²) in [6, 6.07) is 6.23. The molecule has 0 amide bonds. The number of rotatable bonds is 5. The summed E-state index contributed by atoms with van der Waals surface area (Å²) in [5.41, 5.74) is -1.96. The third-order valence-corrected chi connectivity index (χ3v) is 10.4. The molecule has 0 bridgehead atoms. The van der Waals surface area contributed by atoms with Gasteiger partial charge in [-0.3, -0.25) is 4.79 Å². The highest BCUT2D eigenvalue weighted by Crippen LogP contribution is 2.69. The maximum Gasteiger partial charge on any atom is 0.362 e. The van der Waals surface area contributed by atoms with E-state index in [0.29, 0.717) is 23.4 Å². The van der Waals surface area contributed by atoms with Crippen LogP contribution in [0.5, 0.6) is 0 Å². The Balaban J connectivity index is 1.63. The summed E-state index contributed by atoms with van der Waals surface area (Å²) >= 11 is 6.06. The van der Waals surface area contributed by atoms with Crippen LogP contribution in [-0.2, 0) is 16.4 Å². The molecule has 1 saturated carbocycles. The van der Waals surface area contributed by atoms with Crippen LogP contribution in [0.1, 0.15) is 34.1 Å². The summed E-state index contributed by atoms with van der Waals surface area (Å²) in [6.07, 6.45) is 2.60. The Hall–Kier alpha value is -3.11. The van der Waals surface area contributed by atoms with Crippen LogP contribution in [0, 0.1) is 22.6 Å². The van der Waals surface area contributed by atoms with E-state index in [1.165, 1.54) is 12.1 Å². The molecule has 5 rings (SSSR count). The highest BCUT2D eigenvalue weighted by molar-refractivity contribution is 7.91. The summed E-state index contributed by atoms with van der Waals surface area (Å²) in [6.45, 7) is 9.49. The molecule has 0 aliphatic heterocycles. The number of hydrogen-bond donors (Lipinski definition) is 2. The van der Waals surface area contributed by atoms with Gasteiger partial charge in [-0.15, -0.1) is 0 Å². The molecule has 2 heterocycles. The molecule has 0 atom stereocenters. The second-order valence-corrected chi connectivity index (χ2v) is 12.8. The molecule has 4 aromatic rings. The van der Waals surface area contributed by atoms with Crippen LogP contribution >= 0.6 is 11.6 Å². The molecule has 2 N–H and O–H groups in total. The zero-order chi connectivity index (χ0) is 26.4. The summed E-state index contributed by atoms with van der Waals surface area (Å²) in [5, 5.41) is 9.42. The van der Waals surface area contributed by atoms with E-state index in [1.807, 2.05) is 4.57 Å². The van der Waals surface area contributed by atoms with Crippen molar-refractivity contribution in [3.8, 4) is 0 Å². The summed E-state index contributed by atoms with van der Waals surface area (Å²) < 4.78 is 44.0. The lowest BCUT2D eigenvalue weighted by Gasteiger charge is -2.12. The van der Waals surface area contributed by atoms with Gasteiger partial charge in [0.25, 0.3) is 5.56 Å². The molecule has 0 spiro atoms. The van der Waals surface area contributed by atoms with Crippen LogP contribution in [0.2, 0.25) is 5.02 Å². The van der Waals surface area contributed by atoms with Gasteiger partial charge in [-0.1, -0.05) is 44.0 Å². The third kappa shape index (κ3) is 3.34. The van der Waals surface area contributed by atoms with Crippen molar-refractivity contribution in [2.45, 2.75) is 50.5 Å². The number of aromatic nitrogens is 3. The molecule has 1 aliphatic rings. The van der Waals surface area contributed by atoms with Crippen LogP contribution in [0.4, 0.5) is 4.39 Å². The van der Waals surface area contributed by atoms with Gasteiger partial charge in [0.1, 0.15) is 5.82 Å². The predicted octanol–water partition coefficient (Wildman–Crippen LogP) is 4.58. The highest BCUT2D eigenvalue weighted by Gasteiger charge is 2.63. The number of fused-ring (bicyclic) bond motifs is 2. The first-order valence-corrected chi connectivity index (χ1v) is 13.3. The van der Waals surface area contributed by atoms with Crippen molar-refractivity contribution in [1.82, 2.24) is 14.3 Å². The largest absolute Gasteiger partial charge is 0.421 e. The molecular weight excluding hydrogens is 509 g/mol. The molecule has 0 radical (unpaired) electrons. The fraction of sp³-hybridized carbons (Fsp3) is 0.360. The first-order valence-electron chi connectivity index (χ1n) is 11.4. The molecule has 36 heavy (non-hydrogen) atoms. The third-order valence-electron chi connectivity index (χ3n) is 8.34. The average molecular weight is 534 g/mol. The molecule has 2 aromatic carbocycles. The van der Waals surface area contributed by atoms with Gasteiger partial charge in [-0.05, 0) is 53.5 Å². The molecule has 1 aliphatic carbocycles. The van der Waals surface area contributed by atoms with Gasteiger partial charge >= 0.3 is 5.69 Å². The van der Waals surface area contributed by atoms with Gasteiger partial charge in [0, 0.05) is 18.1 Å². The van der Waals surface area contributed by atoms with Crippen LogP contribution in [0.3, 0.4) is 0 Å². The second-order valence-electron chi connectivity index (χ2n) is 10.5. The van der Waals surface area contributed by atoms with Crippen LogP contribution in [-0.4, -0.2) is 27.9 Å². The van der Waals surface area contributed by atoms with Crippen molar-refractivity contribution < 1.29 is 18.0 Å². The monoisotopic (exact) mass is 533 g/mol. The SMILES string of the molecule is CC1(C)C(CCn2ccc3c(F)cc(S(=O)(=O)c4ccc(Cl)c5c(=O)n(O)c(=O)[nH]c45)cc32)C1(C)C. The summed E-state index contributed by atoms with van der Waals surface area (Å²) in [4.78, 5) is 25.8. The predicted molar refractivity (Wildman–Crippen MR) is 134 cm³/mol. The topological polar surface area (TPSA) is 114 Å². The van der Waals surface area contributed by atoms with Crippen LogP contribution in [0.25, 0.3) is 21.8 Å². The molecule has 190 valence electrons. The quantitative estimate of drug-likeness (QED) is 0.364. The Morgan fingerprint density at radius 1 is 1.11 bits per heavy atom. The number of hydrogen-bond acceptors (Lipinski definition) is 5. The number of nitrogens with zero attached hydrogens (tertiary/aromatic N) is 2. The Morgan fingerprint density at radius 3 is 2.42 bits per heavy atom. The molecule has 1 fully saturated rings. The van der Waals surface area contributed by atoms with Crippen molar-refractivity contribution in [3.05, 3.63) is 68.2 Å². The van der Waals surface area contributed by atoms with Crippen molar-refractivity contribution >= 4 is 43.2 Å². The molecule has 2 aromatic heterocycles. The number of aryl methyl sites for hydroxylation is 1. The lowest BCUT2D eigenvalue weighted by molar-refractivity contribution is 0.162. The minimum Gasteiger partial charge on any atom is -0.421 e. The first-order chi connectivity index (χ1) is 16.7. The Bertz CT molecular complexity index is 1790. The zero-order valence-electron chi connectivity index (χ0n) is 20.1. The second kappa shape index (κ2) is 7.69. The number of benzene rings is 2. The van der Waals surface area contributed by atoms with Gasteiger partial charge < -0.3 is 14.8 Å². The molecule has 0 saturated heterocycles. The van der Waals surface area contributed by atoms with E-state index in [2.05, 4.69) is 32.7 Å². The standard InChI is InChI=1S/C25H25ClFN3O5S/c1-24(2)19(25(24,3)4)8-10-29-9-7-14-16(27)11-13(12-17(14)29)36(34,35)18-6-5-15(26)20-21(18)28-23(32)30(33)22(20)31/h5-7,9,11-12,19,33H,8,10H2,1-4H3,(H,28,32). The maximum absolute atomic E-state index is 15.1. The first kappa shape index (κ1) is 24.6. The highest BCUT2D eigenvalue weighted by atomic mass is 35.5. The normalized spacial score (nSPS) is 17.2. The van der Waals surface area contributed by atoms with Gasteiger partial charge in [-0.25, -0.2) is 17.6 Å². The zero-order valence-corrected chi connectivity index (χ0v) is 21.7. The van der Waals surface area contributed by atoms with E-state index in [4.69, 9.17) is 11.6 Å². The van der Waals surface area contributed by atoms with Gasteiger partial charge in [0.15, 0.2) is 0 Å². The fourth-order valence-electron chi connectivity index (χ4n) is 5.50. The summed E-state index contributed by atoms with van der Waals surface area (Å²) in [5.74, 6) is -0.228. The van der Waals surface area contributed by atoms with Crippen molar-refractivity contribution in [2.24, 2.45) is 16.7 Å². The van der Waals surface area contributed by atoms with E-state index in [9.17, 15) is 23.2 Å². The maximum atomic E-state index is 15.1. The van der Waals surface area contributed by atoms with Crippen LogP contribution in [0.15, 0.2) is 55.9 Å². The average Bonchev–Trinajstić information content (AvgIpc) is 3.06. The van der Waals surface area contributed by atoms with E-state index in [1.54, 1.807) is 12.3 Å². The minimum atomic E-state index is -4.41. The van der Waals surface area contributed by atoms with E-state index in [-0.39, 0.29) is 36.4 Å². The lowest BCUT2D eigenvalue weighted by atomic mass is 10.0. The molecule has 11 heteroatoms. The Labute approximate surface area is 210 Å². The van der Waals surface area contributed by atoms with E-state index < -0.39 is 31.8 Å². The number of H-pyrrole nitrogens is 1. The molecule has 0 unspecified atom stereocenters. The number of sulfone groups is 1. The molecule has 8 nitrogen and oxygen atoms in total. The minimum absolute atomic E-state index is 0.158. The van der Waals surface area contributed by atoms with Crippen molar-refractivity contribution in [1.29, 1.82) is 0 Å². The van der Waals surface area contributed by atoms with Gasteiger partial charge in [0.05, 0.1) is 31.2 Å². The smallest absolute Gasteiger partial charge is 0.362 e. The fourth-order valence-corrected chi connectivity index (χ4v) is 7.19. The van der Waals surface area contributed by atoms with Gasteiger partial charge in [-0.2, -0.15) is 0 Å². The van der Waals surface area contributed by atoms with Crippen molar-refractivity contribution in [2.75, 3.05) is 0 Å². The van der Waals surface area contributed by atoms with E-state index >= 15 is 4.39 Å². The summed E-state index contributed by atoms with van der Waals surface area (Å²) in [7, 11) is -4.41. The van der Waals surface area contributed by atoms with E-state index in [0.717, 1.165) is 18.6 Å². The lowest BCUT2D eigenvalue weighted by Crippen LogP contribution is -2.33. The Kier molecular flexibility index (Phi) is 5.25. The molecular formula is C25H25ClFN3O5S.